The van der Waals surface area contributed by atoms with Crippen molar-refractivity contribution in [2.24, 2.45) is 5.92 Å². The molecule has 3 aromatic carbocycles. The number of carbonyl (C=O) groups excluding carboxylic acids is 2. The summed E-state index contributed by atoms with van der Waals surface area (Å²) in [6.07, 6.45) is 0.803. The van der Waals surface area contributed by atoms with Crippen LogP contribution < -0.4 is 9.47 Å². The van der Waals surface area contributed by atoms with Crippen LogP contribution in [0.3, 0.4) is 0 Å². The topological polar surface area (TPSA) is 71.1 Å². The average molecular weight is 527 g/mol. The van der Waals surface area contributed by atoms with Gasteiger partial charge in [0.1, 0.15) is 0 Å². The van der Waals surface area contributed by atoms with Crippen molar-refractivity contribution in [1.29, 1.82) is 0 Å². The van der Waals surface area contributed by atoms with Crippen LogP contribution in [-0.4, -0.2) is 39.4 Å². The van der Waals surface area contributed by atoms with Gasteiger partial charge in [-0.1, -0.05) is 66.7 Å². The van der Waals surface area contributed by atoms with E-state index in [0.717, 1.165) is 16.7 Å². The molecule has 1 aliphatic carbocycles. The Bertz CT molecular complexity index is 1370. The van der Waals surface area contributed by atoms with Gasteiger partial charge in [0.15, 0.2) is 11.5 Å². The quantitative estimate of drug-likeness (QED) is 0.289. The number of methoxy groups -OCH3 is 2. The summed E-state index contributed by atoms with van der Waals surface area (Å²) in [7, 11) is 3.18. The van der Waals surface area contributed by atoms with E-state index in [1.807, 2.05) is 78.9 Å². The number of hydrogen-bond donors (Lipinski definition) is 0. The number of hydrogen-bond acceptors (Lipinski definition) is 6. The second-order valence-corrected chi connectivity index (χ2v) is 9.11. The third-order valence-corrected chi connectivity index (χ3v) is 6.75. The Morgan fingerprint density at radius 2 is 1.28 bits per heavy atom. The van der Waals surface area contributed by atoms with E-state index >= 15 is 0 Å². The summed E-state index contributed by atoms with van der Waals surface area (Å²) >= 11 is 0. The molecule has 0 amide bonds. The van der Waals surface area contributed by atoms with Gasteiger partial charge in [-0.3, -0.25) is 0 Å². The van der Waals surface area contributed by atoms with Crippen LogP contribution in [0.1, 0.15) is 37.0 Å². The summed E-state index contributed by atoms with van der Waals surface area (Å²) < 4.78 is 22.1. The van der Waals surface area contributed by atoms with Gasteiger partial charge in [0.05, 0.1) is 27.4 Å². The minimum Gasteiger partial charge on any atom is -0.493 e. The molecule has 0 aliphatic heterocycles. The van der Waals surface area contributed by atoms with Crippen molar-refractivity contribution in [3.63, 3.8) is 0 Å². The molecule has 6 heteroatoms. The molecule has 0 spiro atoms. The molecule has 0 heterocycles. The molecule has 0 saturated heterocycles. The van der Waals surface area contributed by atoms with Gasteiger partial charge in [0.25, 0.3) is 0 Å². The molecule has 39 heavy (non-hydrogen) atoms. The highest BCUT2D eigenvalue weighted by atomic mass is 16.5. The third-order valence-electron chi connectivity index (χ3n) is 6.75. The minimum absolute atomic E-state index is 0.239. The van der Waals surface area contributed by atoms with E-state index < -0.39 is 5.97 Å². The zero-order chi connectivity index (χ0) is 27.8. The molecule has 3 aromatic rings. The highest BCUT2D eigenvalue weighted by Gasteiger charge is 2.38. The molecule has 0 radical (unpaired) electrons. The van der Waals surface area contributed by atoms with Gasteiger partial charge in [-0.2, -0.15) is 0 Å². The van der Waals surface area contributed by atoms with Gasteiger partial charge in [-0.05, 0) is 55.5 Å². The molecule has 0 fully saturated rings. The number of rotatable bonds is 10. The van der Waals surface area contributed by atoms with Crippen LogP contribution >= 0.6 is 0 Å². The lowest BCUT2D eigenvalue weighted by Gasteiger charge is -2.31. The van der Waals surface area contributed by atoms with E-state index in [2.05, 4.69) is 0 Å². The number of carbonyl (C=O) groups is 2. The van der Waals surface area contributed by atoms with Crippen LogP contribution in [0.4, 0.5) is 0 Å². The SMILES string of the molecule is CCOC(=O)C1=C(c2ccccc2)C(c2ccccc2)=C(C(=O)OCC)C(Cc2ccc(OC)c(OC)c2)C1. The molecule has 1 atom stereocenters. The first-order chi connectivity index (χ1) is 19.0. The maximum Gasteiger partial charge on any atom is 0.334 e. The van der Waals surface area contributed by atoms with Crippen LogP contribution in [0.25, 0.3) is 11.1 Å². The summed E-state index contributed by atoms with van der Waals surface area (Å²) in [5.41, 5.74) is 5.10. The van der Waals surface area contributed by atoms with Crippen molar-refractivity contribution < 1.29 is 28.5 Å². The molecule has 6 nitrogen and oxygen atoms in total. The Labute approximate surface area is 229 Å². The first-order valence-electron chi connectivity index (χ1n) is 13.2. The van der Waals surface area contributed by atoms with Crippen molar-refractivity contribution in [3.05, 3.63) is 107 Å². The molecular formula is C33H34O6. The summed E-state index contributed by atoms with van der Waals surface area (Å²) in [4.78, 5) is 27.2. The lowest BCUT2D eigenvalue weighted by molar-refractivity contribution is -0.140. The molecule has 0 saturated carbocycles. The molecule has 0 N–H and O–H groups in total. The standard InChI is InChI=1S/C33H34O6/c1-5-38-32(34)26-21-25(19-22-17-18-27(36-3)28(20-22)37-4)31(33(35)39-6-2)30(24-15-11-8-12-16-24)29(26)23-13-9-7-10-14-23/h7-18,20,25H,5-6,19,21H2,1-4H3. The van der Waals surface area contributed by atoms with E-state index in [1.165, 1.54) is 0 Å². The van der Waals surface area contributed by atoms with E-state index in [0.29, 0.717) is 46.6 Å². The van der Waals surface area contributed by atoms with Gasteiger partial charge >= 0.3 is 11.9 Å². The first kappa shape index (κ1) is 27.7. The van der Waals surface area contributed by atoms with Crippen molar-refractivity contribution >= 4 is 23.1 Å². The Morgan fingerprint density at radius 1 is 0.718 bits per heavy atom. The maximum absolute atomic E-state index is 13.7. The highest BCUT2D eigenvalue weighted by molar-refractivity contribution is 6.20. The van der Waals surface area contributed by atoms with Crippen LogP contribution in [0.5, 0.6) is 11.5 Å². The van der Waals surface area contributed by atoms with E-state index in [9.17, 15) is 9.59 Å². The largest absolute Gasteiger partial charge is 0.493 e. The Balaban J connectivity index is 1.99. The van der Waals surface area contributed by atoms with Gasteiger partial charge < -0.3 is 18.9 Å². The van der Waals surface area contributed by atoms with Gasteiger partial charge in [0.2, 0.25) is 0 Å². The lowest BCUT2D eigenvalue weighted by Crippen LogP contribution is -2.27. The van der Waals surface area contributed by atoms with Gasteiger partial charge in [-0.25, -0.2) is 9.59 Å². The van der Waals surface area contributed by atoms with E-state index in [-0.39, 0.29) is 25.1 Å². The summed E-state index contributed by atoms with van der Waals surface area (Å²) in [5, 5.41) is 0. The smallest absolute Gasteiger partial charge is 0.334 e. The van der Waals surface area contributed by atoms with Crippen LogP contribution in [0.2, 0.25) is 0 Å². The molecule has 0 bridgehead atoms. The monoisotopic (exact) mass is 526 g/mol. The average Bonchev–Trinajstić information content (AvgIpc) is 2.97. The van der Waals surface area contributed by atoms with Crippen LogP contribution in [-0.2, 0) is 25.5 Å². The third kappa shape index (κ3) is 6.06. The predicted molar refractivity (Wildman–Crippen MR) is 151 cm³/mol. The first-order valence-corrected chi connectivity index (χ1v) is 13.2. The molecule has 202 valence electrons. The summed E-state index contributed by atoms with van der Waals surface area (Å²) in [6.45, 7) is 4.08. The predicted octanol–water partition coefficient (Wildman–Crippen LogP) is 6.30. The fourth-order valence-electron chi connectivity index (χ4n) is 5.12. The lowest BCUT2D eigenvalue weighted by atomic mass is 9.72. The van der Waals surface area contributed by atoms with Crippen molar-refractivity contribution in [2.75, 3.05) is 27.4 Å². The second-order valence-electron chi connectivity index (χ2n) is 9.11. The normalized spacial score (nSPS) is 15.1. The minimum atomic E-state index is -0.391. The summed E-state index contributed by atoms with van der Waals surface area (Å²) in [6, 6.07) is 25.1. The molecular weight excluding hydrogens is 492 g/mol. The zero-order valence-electron chi connectivity index (χ0n) is 22.9. The highest BCUT2D eigenvalue weighted by Crippen LogP contribution is 2.47. The number of ether oxygens (including phenoxy) is 4. The fourth-order valence-corrected chi connectivity index (χ4v) is 5.12. The maximum atomic E-state index is 13.7. The van der Waals surface area contributed by atoms with Crippen LogP contribution in [0.15, 0.2) is 90.0 Å². The van der Waals surface area contributed by atoms with Crippen molar-refractivity contribution in [3.8, 4) is 11.5 Å². The Hall–Kier alpha value is -4.32. The van der Waals surface area contributed by atoms with Gasteiger partial charge in [-0.15, -0.1) is 0 Å². The van der Waals surface area contributed by atoms with Crippen molar-refractivity contribution in [1.82, 2.24) is 0 Å². The zero-order valence-corrected chi connectivity index (χ0v) is 22.9. The Morgan fingerprint density at radius 3 is 1.85 bits per heavy atom. The number of esters is 2. The van der Waals surface area contributed by atoms with Crippen molar-refractivity contribution in [2.45, 2.75) is 26.7 Å². The Kier molecular flexibility index (Phi) is 9.21. The molecule has 1 aliphatic rings. The second kappa shape index (κ2) is 13.0. The molecule has 4 rings (SSSR count). The van der Waals surface area contributed by atoms with E-state index in [4.69, 9.17) is 18.9 Å². The molecule has 0 aromatic heterocycles. The number of benzene rings is 3. The summed E-state index contributed by atoms with van der Waals surface area (Å²) in [5.74, 6) is 0.101. The van der Waals surface area contributed by atoms with Crippen LogP contribution in [0, 0.1) is 5.92 Å². The fraction of sp³-hybridized carbons (Fsp3) is 0.273. The number of allylic oxidation sites excluding steroid dienone is 2. The van der Waals surface area contributed by atoms with Gasteiger partial charge in [0, 0.05) is 28.2 Å². The van der Waals surface area contributed by atoms with E-state index in [1.54, 1.807) is 28.1 Å². The molecule has 1 unspecified atom stereocenters.